The first kappa shape index (κ1) is 12.1. The van der Waals surface area contributed by atoms with Crippen molar-refractivity contribution < 1.29 is 13.6 Å². The first-order valence-electron chi connectivity index (χ1n) is 5.15. The summed E-state index contributed by atoms with van der Waals surface area (Å²) in [6.07, 6.45) is 2.86. The van der Waals surface area contributed by atoms with Gasteiger partial charge in [-0.05, 0) is 18.2 Å². The number of nitrogens with one attached hydrogen (secondary N) is 1. The number of carbonyl (C=O) groups excluding carboxylic acids is 1. The van der Waals surface area contributed by atoms with Crippen LogP contribution in [-0.2, 0) is 6.54 Å². The molecule has 0 aliphatic rings. The molecule has 1 N–H and O–H groups in total. The minimum absolute atomic E-state index is 0.122. The van der Waals surface area contributed by atoms with Crippen LogP contribution in [0.15, 0.2) is 36.8 Å². The molecule has 0 atom stereocenters. The van der Waals surface area contributed by atoms with Gasteiger partial charge in [0.05, 0.1) is 17.8 Å². The van der Waals surface area contributed by atoms with E-state index in [1.807, 2.05) is 0 Å². The molecule has 0 bridgehead atoms. The van der Waals surface area contributed by atoms with Gasteiger partial charge in [-0.3, -0.25) is 4.79 Å². The molecule has 0 fully saturated rings. The number of hydrogen-bond donors (Lipinski definition) is 1. The van der Waals surface area contributed by atoms with E-state index in [0.717, 1.165) is 6.07 Å². The predicted molar refractivity (Wildman–Crippen MR) is 59.6 cm³/mol. The normalized spacial score (nSPS) is 10.1. The van der Waals surface area contributed by atoms with Crippen molar-refractivity contribution in [1.82, 2.24) is 15.3 Å². The minimum Gasteiger partial charge on any atom is -0.346 e. The van der Waals surface area contributed by atoms with Gasteiger partial charge in [0.15, 0.2) is 11.6 Å². The van der Waals surface area contributed by atoms with Gasteiger partial charge < -0.3 is 5.32 Å². The van der Waals surface area contributed by atoms with Crippen molar-refractivity contribution >= 4 is 5.91 Å². The third-order valence-electron chi connectivity index (χ3n) is 2.27. The van der Waals surface area contributed by atoms with Crippen molar-refractivity contribution in [3.05, 3.63) is 59.7 Å². The molecular formula is C12H9F2N3O. The van der Waals surface area contributed by atoms with E-state index in [4.69, 9.17) is 0 Å². The molecule has 2 aromatic rings. The standard InChI is InChI=1S/C12H9F2N3O/c13-10-3-1-2-9(11(10)14)12(18)16-6-8-4-5-15-7-17-8/h1-5,7H,6H2,(H,16,18). The highest BCUT2D eigenvalue weighted by Crippen LogP contribution is 2.11. The minimum atomic E-state index is -1.15. The lowest BCUT2D eigenvalue weighted by Gasteiger charge is -2.05. The van der Waals surface area contributed by atoms with E-state index in [1.54, 1.807) is 6.07 Å². The highest BCUT2D eigenvalue weighted by Gasteiger charge is 2.14. The Morgan fingerprint density at radius 2 is 2.11 bits per heavy atom. The van der Waals surface area contributed by atoms with Crippen molar-refractivity contribution in [2.45, 2.75) is 6.54 Å². The maximum atomic E-state index is 13.3. The first-order chi connectivity index (χ1) is 8.68. The summed E-state index contributed by atoms with van der Waals surface area (Å²) in [6, 6.07) is 5.06. The molecule has 0 spiro atoms. The van der Waals surface area contributed by atoms with Gasteiger partial charge in [-0.25, -0.2) is 18.7 Å². The Morgan fingerprint density at radius 1 is 1.28 bits per heavy atom. The molecule has 0 radical (unpaired) electrons. The molecule has 1 aromatic heterocycles. The van der Waals surface area contributed by atoms with E-state index in [0.29, 0.717) is 5.69 Å². The Balaban J connectivity index is 2.07. The molecule has 6 heteroatoms. The molecule has 0 unspecified atom stereocenters. The van der Waals surface area contributed by atoms with Gasteiger partial charge in [0.25, 0.3) is 5.91 Å². The Morgan fingerprint density at radius 3 is 2.83 bits per heavy atom. The monoisotopic (exact) mass is 249 g/mol. The lowest BCUT2D eigenvalue weighted by molar-refractivity contribution is 0.0945. The topological polar surface area (TPSA) is 54.9 Å². The van der Waals surface area contributed by atoms with E-state index in [2.05, 4.69) is 15.3 Å². The summed E-state index contributed by atoms with van der Waals surface area (Å²) >= 11 is 0. The third-order valence-corrected chi connectivity index (χ3v) is 2.27. The largest absolute Gasteiger partial charge is 0.346 e. The van der Waals surface area contributed by atoms with Gasteiger partial charge in [-0.15, -0.1) is 0 Å². The van der Waals surface area contributed by atoms with Crippen LogP contribution in [0.25, 0.3) is 0 Å². The van der Waals surface area contributed by atoms with E-state index in [1.165, 1.54) is 24.7 Å². The SMILES string of the molecule is O=C(NCc1ccncn1)c1cccc(F)c1F. The smallest absolute Gasteiger partial charge is 0.254 e. The van der Waals surface area contributed by atoms with Crippen molar-refractivity contribution in [3.8, 4) is 0 Å². The average molecular weight is 249 g/mol. The molecule has 1 amide bonds. The second kappa shape index (κ2) is 5.31. The second-order valence-corrected chi connectivity index (χ2v) is 3.48. The summed E-state index contributed by atoms with van der Waals surface area (Å²) < 4.78 is 26.2. The number of hydrogen-bond acceptors (Lipinski definition) is 3. The Bertz CT molecular complexity index is 561. The Kier molecular flexibility index (Phi) is 3.57. The third kappa shape index (κ3) is 2.65. The quantitative estimate of drug-likeness (QED) is 0.900. The summed E-state index contributed by atoms with van der Waals surface area (Å²) in [6.45, 7) is 0.122. The second-order valence-electron chi connectivity index (χ2n) is 3.48. The van der Waals surface area contributed by atoms with E-state index in [9.17, 15) is 13.6 Å². The van der Waals surface area contributed by atoms with Crippen LogP contribution in [-0.4, -0.2) is 15.9 Å². The molecule has 18 heavy (non-hydrogen) atoms. The zero-order chi connectivity index (χ0) is 13.0. The van der Waals surface area contributed by atoms with Gasteiger partial charge >= 0.3 is 0 Å². The van der Waals surface area contributed by atoms with E-state index in [-0.39, 0.29) is 12.1 Å². The van der Waals surface area contributed by atoms with Crippen LogP contribution in [0.4, 0.5) is 8.78 Å². The van der Waals surface area contributed by atoms with Crippen molar-refractivity contribution in [2.24, 2.45) is 0 Å². The molecule has 1 aromatic carbocycles. The molecule has 0 saturated heterocycles. The lowest BCUT2D eigenvalue weighted by Crippen LogP contribution is -2.24. The predicted octanol–water partition coefficient (Wildman–Crippen LogP) is 1.68. The zero-order valence-corrected chi connectivity index (χ0v) is 9.23. The molecule has 2 rings (SSSR count). The highest BCUT2D eigenvalue weighted by atomic mass is 19.2. The van der Waals surface area contributed by atoms with Gasteiger partial charge in [0.2, 0.25) is 0 Å². The lowest BCUT2D eigenvalue weighted by atomic mass is 10.2. The highest BCUT2D eigenvalue weighted by molar-refractivity contribution is 5.94. The van der Waals surface area contributed by atoms with Crippen LogP contribution in [0.1, 0.15) is 16.1 Å². The van der Waals surface area contributed by atoms with Crippen LogP contribution in [0.3, 0.4) is 0 Å². The van der Waals surface area contributed by atoms with Crippen LogP contribution < -0.4 is 5.32 Å². The average Bonchev–Trinajstić information content (AvgIpc) is 2.40. The number of halogens is 2. The molecular weight excluding hydrogens is 240 g/mol. The fraction of sp³-hybridized carbons (Fsp3) is 0.0833. The van der Waals surface area contributed by atoms with Crippen LogP contribution >= 0.6 is 0 Å². The summed E-state index contributed by atoms with van der Waals surface area (Å²) in [7, 11) is 0. The molecule has 4 nitrogen and oxygen atoms in total. The maximum Gasteiger partial charge on any atom is 0.254 e. The van der Waals surface area contributed by atoms with Gasteiger partial charge in [0.1, 0.15) is 6.33 Å². The number of rotatable bonds is 3. The molecule has 92 valence electrons. The van der Waals surface area contributed by atoms with Crippen LogP contribution in [0.5, 0.6) is 0 Å². The van der Waals surface area contributed by atoms with Gasteiger partial charge in [-0.1, -0.05) is 6.07 Å². The van der Waals surface area contributed by atoms with Crippen LogP contribution in [0, 0.1) is 11.6 Å². The molecule has 1 heterocycles. The summed E-state index contributed by atoms with van der Waals surface area (Å²) in [5.74, 6) is -2.90. The molecule has 0 aliphatic carbocycles. The maximum absolute atomic E-state index is 13.3. The fourth-order valence-corrected chi connectivity index (χ4v) is 1.37. The van der Waals surface area contributed by atoms with E-state index < -0.39 is 17.5 Å². The Hall–Kier alpha value is -2.37. The van der Waals surface area contributed by atoms with E-state index >= 15 is 0 Å². The van der Waals surface area contributed by atoms with Gasteiger partial charge in [0, 0.05) is 6.20 Å². The molecule has 0 saturated carbocycles. The Labute approximate surface area is 102 Å². The summed E-state index contributed by atoms with van der Waals surface area (Å²) in [4.78, 5) is 19.2. The number of aromatic nitrogens is 2. The van der Waals surface area contributed by atoms with Gasteiger partial charge in [-0.2, -0.15) is 0 Å². The zero-order valence-electron chi connectivity index (χ0n) is 9.23. The molecule has 0 aliphatic heterocycles. The number of carbonyl (C=O) groups is 1. The fourth-order valence-electron chi connectivity index (χ4n) is 1.37. The van der Waals surface area contributed by atoms with Crippen molar-refractivity contribution in [1.29, 1.82) is 0 Å². The summed E-state index contributed by atoms with van der Waals surface area (Å²) in [5, 5.41) is 2.45. The number of amides is 1. The number of benzene rings is 1. The van der Waals surface area contributed by atoms with Crippen LogP contribution in [0.2, 0.25) is 0 Å². The summed E-state index contributed by atoms with van der Waals surface area (Å²) in [5.41, 5.74) is 0.249. The van der Waals surface area contributed by atoms with Crippen molar-refractivity contribution in [2.75, 3.05) is 0 Å². The number of nitrogens with zero attached hydrogens (tertiary/aromatic N) is 2. The van der Waals surface area contributed by atoms with Crippen molar-refractivity contribution in [3.63, 3.8) is 0 Å². The first-order valence-corrected chi connectivity index (χ1v) is 5.15.